The number of hydrazine groups is 1. The van der Waals surface area contributed by atoms with Gasteiger partial charge in [-0.2, -0.15) is 5.26 Å². The smallest absolute Gasteiger partial charge is 0.200 e. The lowest BCUT2D eigenvalue weighted by Gasteiger charge is -2.51. The summed E-state index contributed by atoms with van der Waals surface area (Å²) in [6, 6.07) is 18.6. The average Bonchev–Trinajstić information content (AvgIpc) is 2.63. The van der Waals surface area contributed by atoms with E-state index in [-0.39, 0.29) is 0 Å². The Morgan fingerprint density at radius 3 is 2.09 bits per heavy atom. The van der Waals surface area contributed by atoms with E-state index >= 15 is 0 Å². The molecule has 0 amide bonds. The average molecular weight is 305 g/mol. The lowest BCUT2D eigenvalue weighted by molar-refractivity contribution is 0.110. The molecule has 2 aliphatic heterocycles. The molecule has 5 rings (SSSR count). The largest absolute Gasteiger partial charge is 0.457 e. The summed E-state index contributed by atoms with van der Waals surface area (Å²) < 4.78 is 5.84. The van der Waals surface area contributed by atoms with E-state index in [0.717, 1.165) is 30.0 Å². The second-order valence-corrected chi connectivity index (χ2v) is 6.16. The van der Waals surface area contributed by atoms with Gasteiger partial charge in [-0.1, -0.05) is 18.2 Å². The van der Waals surface area contributed by atoms with Crippen molar-refractivity contribution >= 4 is 5.69 Å². The Labute approximate surface area is 136 Å². The molecule has 0 atom stereocenters. The lowest BCUT2D eigenvalue weighted by Crippen LogP contribution is -2.59. The van der Waals surface area contributed by atoms with Crippen LogP contribution in [-0.4, -0.2) is 17.1 Å². The molecule has 2 aromatic carbocycles. The van der Waals surface area contributed by atoms with E-state index in [2.05, 4.69) is 11.2 Å². The first kappa shape index (κ1) is 14.0. The first-order valence-corrected chi connectivity index (χ1v) is 8.16. The minimum absolute atomic E-state index is 0.366. The Morgan fingerprint density at radius 1 is 0.826 bits per heavy atom. The van der Waals surface area contributed by atoms with Gasteiger partial charge in [-0.3, -0.25) is 5.01 Å². The highest BCUT2D eigenvalue weighted by atomic mass is 16.5. The molecule has 3 fully saturated rings. The van der Waals surface area contributed by atoms with Crippen LogP contribution < -0.4 is 9.75 Å². The molecule has 2 bridgehead atoms. The maximum absolute atomic E-state index is 9.50. The highest BCUT2D eigenvalue weighted by Gasteiger charge is 2.40. The number of nitriles is 1. The van der Waals surface area contributed by atoms with Gasteiger partial charge in [0, 0.05) is 0 Å². The van der Waals surface area contributed by atoms with E-state index in [0.29, 0.717) is 12.1 Å². The third-order valence-electron chi connectivity index (χ3n) is 4.77. The first-order chi connectivity index (χ1) is 11.3. The molecule has 0 aromatic heterocycles. The monoisotopic (exact) mass is 305 g/mol. The molecule has 1 saturated carbocycles. The normalized spacial score (nSPS) is 22.7. The zero-order chi connectivity index (χ0) is 15.6. The Kier molecular flexibility index (Phi) is 3.55. The summed E-state index contributed by atoms with van der Waals surface area (Å²) in [4.78, 5) is 0. The van der Waals surface area contributed by atoms with Gasteiger partial charge in [-0.15, -0.1) is 0 Å². The molecule has 2 heterocycles. The second-order valence-electron chi connectivity index (χ2n) is 6.16. The summed E-state index contributed by atoms with van der Waals surface area (Å²) in [6.07, 6.45) is 6.97. The molecule has 3 aliphatic rings. The van der Waals surface area contributed by atoms with Crippen LogP contribution in [0.2, 0.25) is 0 Å². The maximum Gasteiger partial charge on any atom is 0.200 e. The van der Waals surface area contributed by atoms with Crippen molar-refractivity contribution in [3.8, 4) is 17.7 Å². The van der Waals surface area contributed by atoms with Crippen LogP contribution in [0.1, 0.15) is 25.7 Å². The van der Waals surface area contributed by atoms with Crippen LogP contribution in [0.3, 0.4) is 0 Å². The molecule has 23 heavy (non-hydrogen) atoms. The van der Waals surface area contributed by atoms with Crippen LogP contribution in [0.15, 0.2) is 54.6 Å². The van der Waals surface area contributed by atoms with Crippen LogP contribution in [-0.2, 0) is 0 Å². The number of ether oxygens (including phenoxy) is 1. The Balaban J connectivity index is 1.55. The van der Waals surface area contributed by atoms with Crippen molar-refractivity contribution < 1.29 is 4.74 Å². The molecule has 2 aromatic rings. The standard InChI is InChI=1S/C19H19N3O/c20-14-21-15-6-8-16(9-7-15)22(21)17-10-12-19(13-11-17)23-18-4-2-1-3-5-18/h1-5,10-13,15-16H,6-9H2. The molecule has 0 spiro atoms. The van der Waals surface area contributed by atoms with Crippen LogP contribution in [0, 0.1) is 11.5 Å². The Hall–Kier alpha value is -2.67. The van der Waals surface area contributed by atoms with Gasteiger partial charge in [0.25, 0.3) is 0 Å². The van der Waals surface area contributed by atoms with Gasteiger partial charge in [0.2, 0.25) is 0 Å². The lowest BCUT2D eigenvalue weighted by atomic mass is 9.87. The van der Waals surface area contributed by atoms with Crippen molar-refractivity contribution in [2.75, 3.05) is 5.01 Å². The molecule has 1 aliphatic carbocycles. The van der Waals surface area contributed by atoms with E-state index in [1.165, 1.54) is 12.8 Å². The molecule has 2 saturated heterocycles. The number of benzene rings is 2. The van der Waals surface area contributed by atoms with E-state index in [1.807, 2.05) is 59.6 Å². The van der Waals surface area contributed by atoms with Gasteiger partial charge < -0.3 is 4.74 Å². The number of anilines is 1. The Bertz CT molecular complexity index is 700. The summed E-state index contributed by atoms with van der Waals surface area (Å²) in [7, 11) is 0. The third-order valence-corrected chi connectivity index (χ3v) is 4.77. The highest BCUT2D eigenvalue weighted by Crippen LogP contribution is 2.38. The fraction of sp³-hybridized carbons (Fsp3) is 0.316. The summed E-state index contributed by atoms with van der Waals surface area (Å²) in [6.45, 7) is 0. The maximum atomic E-state index is 9.50. The SMILES string of the molecule is N#CN1C2CCC(CC2)N1c1ccc(Oc2ccccc2)cc1. The summed E-state index contributed by atoms with van der Waals surface area (Å²) in [5.74, 6) is 1.64. The van der Waals surface area contributed by atoms with Gasteiger partial charge >= 0.3 is 0 Å². The molecule has 0 N–H and O–H groups in total. The van der Waals surface area contributed by atoms with E-state index < -0.39 is 0 Å². The fourth-order valence-corrected chi connectivity index (χ4v) is 3.66. The zero-order valence-corrected chi connectivity index (χ0v) is 12.9. The molecule has 4 heteroatoms. The predicted molar refractivity (Wildman–Crippen MR) is 88.9 cm³/mol. The number of rotatable bonds is 3. The van der Waals surface area contributed by atoms with Gasteiger partial charge in [0.1, 0.15) is 11.5 Å². The molecule has 4 nitrogen and oxygen atoms in total. The van der Waals surface area contributed by atoms with Crippen molar-refractivity contribution in [1.82, 2.24) is 5.01 Å². The molecular formula is C19H19N3O. The van der Waals surface area contributed by atoms with E-state index in [9.17, 15) is 5.26 Å². The van der Waals surface area contributed by atoms with E-state index in [1.54, 1.807) is 0 Å². The highest BCUT2D eigenvalue weighted by molar-refractivity contribution is 5.51. The molecule has 0 radical (unpaired) electrons. The van der Waals surface area contributed by atoms with Gasteiger partial charge in [0.05, 0.1) is 17.8 Å². The van der Waals surface area contributed by atoms with Crippen LogP contribution >= 0.6 is 0 Å². The van der Waals surface area contributed by atoms with E-state index in [4.69, 9.17) is 4.74 Å². The minimum Gasteiger partial charge on any atom is -0.457 e. The topological polar surface area (TPSA) is 39.5 Å². The number of hydrogen-bond acceptors (Lipinski definition) is 4. The van der Waals surface area contributed by atoms with Crippen LogP contribution in [0.5, 0.6) is 11.5 Å². The van der Waals surface area contributed by atoms with Crippen LogP contribution in [0.25, 0.3) is 0 Å². The number of hydrogen-bond donors (Lipinski definition) is 0. The van der Waals surface area contributed by atoms with Crippen molar-refractivity contribution in [2.24, 2.45) is 0 Å². The third kappa shape index (κ3) is 2.59. The zero-order valence-electron chi connectivity index (χ0n) is 12.9. The number of para-hydroxylation sites is 1. The molecule has 0 unspecified atom stereocenters. The van der Waals surface area contributed by atoms with Crippen LogP contribution in [0.4, 0.5) is 5.69 Å². The summed E-state index contributed by atoms with van der Waals surface area (Å²) >= 11 is 0. The summed E-state index contributed by atoms with van der Waals surface area (Å²) in [5, 5.41) is 13.5. The molecule has 116 valence electrons. The minimum atomic E-state index is 0.366. The second kappa shape index (κ2) is 5.85. The van der Waals surface area contributed by atoms with Crippen molar-refractivity contribution in [3.05, 3.63) is 54.6 Å². The van der Waals surface area contributed by atoms with Gasteiger partial charge in [0.15, 0.2) is 6.19 Å². The number of nitrogens with zero attached hydrogens (tertiary/aromatic N) is 3. The number of fused-ring (bicyclic) bond motifs is 3. The molecular weight excluding hydrogens is 286 g/mol. The first-order valence-electron chi connectivity index (χ1n) is 8.16. The summed E-state index contributed by atoms with van der Waals surface area (Å²) in [5.41, 5.74) is 1.07. The Morgan fingerprint density at radius 2 is 1.43 bits per heavy atom. The van der Waals surface area contributed by atoms with Crippen molar-refractivity contribution in [2.45, 2.75) is 37.8 Å². The van der Waals surface area contributed by atoms with Gasteiger partial charge in [-0.25, -0.2) is 5.01 Å². The van der Waals surface area contributed by atoms with Crippen molar-refractivity contribution in [3.63, 3.8) is 0 Å². The quantitative estimate of drug-likeness (QED) is 0.792. The van der Waals surface area contributed by atoms with Gasteiger partial charge in [-0.05, 0) is 62.1 Å². The fourth-order valence-electron chi connectivity index (χ4n) is 3.66. The van der Waals surface area contributed by atoms with Crippen molar-refractivity contribution in [1.29, 1.82) is 5.26 Å². The predicted octanol–water partition coefficient (Wildman–Crippen LogP) is 4.31.